The fourth-order valence-electron chi connectivity index (χ4n) is 4.91. The van der Waals surface area contributed by atoms with Crippen molar-refractivity contribution in [1.82, 2.24) is 20.0 Å². The molecule has 0 bridgehead atoms. The van der Waals surface area contributed by atoms with Gasteiger partial charge in [-0.2, -0.15) is 0 Å². The summed E-state index contributed by atoms with van der Waals surface area (Å²) in [5, 5.41) is 3.21. The predicted molar refractivity (Wildman–Crippen MR) is 139 cm³/mol. The molecule has 2 heterocycles. The minimum Gasteiger partial charge on any atom is -0.467 e. The van der Waals surface area contributed by atoms with E-state index in [4.69, 9.17) is 9.15 Å². The van der Waals surface area contributed by atoms with Gasteiger partial charge in [0.15, 0.2) is 0 Å². The highest BCUT2D eigenvalue weighted by Crippen LogP contribution is 2.18. The largest absolute Gasteiger partial charge is 0.467 e. The van der Waals surface area contributed by atoms with E-state index in [1.807, 2.05) is 35.2 Å². The van der Waals surface area contributed by atoms with Gasteiger partial charge in [0.25, 0.3) is 0 Å². The van der Waals surface area contributed by atoms with Crippen LogP contribution >= 0.6 is 0 Å². The third-order valence-corrected chi connectivity index (χ3v) is 7.13. The summed E-state index contributed by atoms with van der Waals surface area (Å²) in [7, 11) is 0. The second-order valence-corrected chi connectivity index (χ2v) is 9.79. The molecule has 1 aromatic carbocycles. The van der Waals surface area contributed by atoms with E-state index in [9.17, 15) is 9.59 Å². The molecule has 1 saturated heterocycles. The minimum absolute atomic E-state index is 0.0540. The summed E-state index contributed by atoms with van der Waals surface area (Å²) in [6.07, 6.45) is 7.92. The first-order chi connectivity index (χ1) is 17.7. The lowest BCUT2D eigenvalue weighted by Crippen LogP contribution is -2.52. The Morgan fingerprint density at radius 2 is 1.72 bits per heavy atom. The third kappa shape index (κ3) is 8.38. The Kier molecular flexibility index (Phi) is 10.2. The van der Waals surface area contributed by atoms with Gasteiger partial charge in [0, 0.05) is 38.8 Å². The van der Waals surface area contributed by atoms with Crippen LogP contribution in [0.4, 0.5) is 4.79 Å². The average molecular weight is 497 g/mol. The molecule has 8 nitrogen and oxygen atoms in total. The van der Waals surface area contributed by atoms with Crippen LogP contribution in [0.1, 0.15) is 43.4 Å². The van der Waals surface area contributed by atoms with Gasteiger partial charge in [-0.1, -0.05) is 49.6 Å². The van der Waals surface area contributed by atoms with Gasteiger partial charge in [0.05, 0.1) is 26.0 Å². The second-order valence-electron chi connectivity index (χ2n) is 9.79. The van der Waals surface area contributed by atoms with Crippen LogP contribution in [0.15, 0.2) is 53.1 Å². The molecule has 1 aromatic heterocycles. The highest BCUT2D eigenvalue weighted by Gasteiger charge is 2.25. The SMILES string of the molecule is O=C(CN(CCN1CCOCC1)C(=O)NC1CCCCC1)N(CCc1ccccc1)Cc1ccco1. The summed E-state index contributed by atoms with van der Waals surface area (Å²) in [6.45, 7) is 5.38. The fraction of sp³-hybridized carbons (Fsp3) is 0.571. The zero-order valence-electron chi connectivity index (χ0n) is 21.3. The first kappa shape index (κ1) is 26.2. The maximum absolute atomic E-state index is 13.6. The molecule has 1 aliphatic heterocycles. The molecule has 0 radical (unpaired) electrons. The predicted octanol–water partition coefficient (Wildman–Crippen LogP) is 3.53. The monoisotopic (exact) mass is 496 g/mol. The van der Waals surface area contributed by atoms with Crippen molar-refractivity contribution in [2.75, 3.05) is 52.5 Å². The number of carbonyl (C=O) groups excluding carboxylic acids is 2. The van der Waals surface area contributed by atoms with Crippen molar-refractivity contribution >= 4 is 11.9 Å². The molecule has 0 unspecified atom stereocenters. The highest BCUT2D eigenvalue weighted by molar-refractivity contribution is 5.84. The molecule has 0 atom stereocenters. The first-order valence-electron chi connectivity index (χ1n) is 13.4. The van der Waals surface area contributed by atoms with Crippen LogP contribution in [-0.2, 0) is 22.5 Å². The average Bonchev–Trinajstić information content (AvgIpc) is 3.44. The summed E-state index contributed by atoms with van der Waals surface area (Å²) in [4.78, 5) is 32.7. The number of rotatable bonds is 11. The van der Waals surface area contributed by atoms with Crippen LogP contribution in [-0.4, -0.2) is 85.2 Å². The lowest BCUT2D eigenvalue weighted by molar-refractivity contribution is -0.132. The van der Waals surface area contributed by atoms with Gasteiger partial charge in [0.2, 0.25) is 5.91 Å². The minimum atomic E-state index is -0.135. The van der Waals surface area contributed by atoms with Crippen molar-refractivity contribution in [3.63, 3.8) is 0 Å². The molecule has 8 heteroatoms. The highest BCUT2D eigenvalue weighted by atomic mass is 16.5. The van der Waals surface area contributed by atoms with E-state index in [-0.39, 0.29) is 24.5 Å². The maximum atomic E-state index is 13.6. The Morgan fingerprint density at radius 1 is 0.944 bits per heavy atom. The number of furan rings is 1. The molecule has 36 heavy (non-hydrogen) atoms. The topological polar surface area (TPSA) is 78.3 Å². The van der Waals surface area contributed by atoms with Crippen molar-refractivity contribution in [3.8, 4) is 0 Å². The van der Waals surface area contributed by atoms with E-state index in [0.717, 1.165) is 57.5 Å². The molecule has 4 rings (SSSR count). The normalized spacial score (nSPS) is 17.0. The van der Waals surface area contributed by atoms with Crippen molar-refractivity contribution in [2.24, 2.45) is 0 Å². The maximum Gasteiger partial charge on any atom is 0.318 e. The number of morpholine rings is 1. The summed E-state index contributed by atoms with van der Waals surface area (Å²) in [5.74, 6) is 0.672. The van der Waals surface area contributed by atoms with Crippen LogP contribution in [0.3, 0.4) is 0 Å². The summed E-state index contributed by atoms with van der Waals surface area (Å²) in [6, 6.07) is 13.9. The number of ether oxygens (including phenoxy) is 1. The number of amides is 3. The van der Waals surface area contributed by atoms with Gasteiger partial charge < -0.3 is 24.3 Å². The van der Waals surface area contributed by atoms with Crippen molar-refractivity contribution in [2.45, 2.75) is 51.1 Å². The molecule has 1 aliphatic carbocycles. The second kappa shape index (κ2) is 14.0. The number of hydrogen-bond acceptors (Lipinski definition) is 5. The van der Waals surface area contributed by atoms with Crippen molar-refractivity contribution in [3.05, 3.63) is 60.1 Å². The van der Waals surface area contributed by atoms with Crippen LogP contribution < -0.4 is 5.32 Å². The van der Waals surface area contributed by atoms with Gasteiger partial charge in [-0.25, -0.2) is 4.79 Å². The van der Waals surface area contributed by atoms with Crippen molar-refractivity contribution in [1.29, 1.82) is 0 Å². The molecule has 0 spiro atoms. The van der Waals surface area contributed by atoms with E-state index in [1.54, 1.807) is 11.2 Å². The molecule has 2 fully saturated rings. The standard InChI is InChI=1S/C28H40N4O4/c33-27(31(22-26-12-7-19-36-26)14-13-24-8-3-1-4-9-24)23-32(16-15-30-17-20-35-21-18-30)28(34)29-25-10-5-2-6-11-25/h1,3-4,7-9,12,19,25H,2,5-6,10-11,13-18,20-23H2,(H,29,34). The zero-order chi connectivity index (χ0) is 25.0. The molecule has 3 amide bonds. The lowest BCUT2D eigenvalue weighted by atomic mass is 9.96. The van der Waals surface area contributed by atoms with Crippen molar-refractivity contribution < 1.29 is 18.7 Å². The van der Waals surface area contributed by atoms with Gasteiger partial charge in [-0.05, 0) is 37.0 Å². The van der Waals surface area contributed by atoms with E-state index in [0.29, 0.717) is 32.8 Å². The van der Waals surface area contributed by atoms with Crippen LogP contribution in [0.2, 0.25) is 0 Å². The zero-order valence-corrected chi connectivity index (χ0v) is 21.3. The van der Waals surface area contributed by atoms with E-state index >= 15 is 0 Å². The number of urea groups is 1. The van der Waals surface area contributed by atoms with Crippen LogP contribution in [0.25, 0.3) is 0 Å². The molecule has 196 valence electrons. The van der Waals surface area contributed by atoms with Gasteiger partial charge in [-0.15, -0.1) is 0 Å². The van der Waals surface area contributed by atoms with Gasteiger partial charge >= 0.3 is 6.03 Å². The molecule has 1 N–H and O–H groups in total. The quantitative estimate of drug-likeness (QED) is 0.515. The summed E-state index contributed by atoms with van der Waals surface area (Å²) in [5.41, 5.74) is 1.17. The van der Waals surface area contributed by atoms with Crippen LogP contribution in [0, 0.1) is 0 Å². The molecular formula is C28H40N4O4. The van der Waals surface area contributed by atoms with Gasteiger partial charge in [0.1, 0.15) is 12.3 Å². The Bertz CT molecular complexity index is 909. The molecular weight excluding hydrogens is 456 g/mol. The van der Waals surface area contributed by atoms with E-state index < -0.39 is 0 Å². The number of hydrogen-bond donors (Lipinski definition) is 1. The first-order valence-corrected chi connectivity index (χ1v) is 13.4. The van der Waals surface area contributed by atoms with E-state index in [1.165, 1.54) is 12.0 Å². The molecule has 2 aliphatic rings. The molecule has 2 aromatic rings. The Hall–Kier alpha value is -2.84. The number of benzene rings is 1. The third-order valence-electron chi connectivity index (χ3n) is 7.13. The Labute approximate surface area is 214 Å². The molecule has 1 saturated carbocycles. The van der Waals surface area contributed by atoms with Crippen LogP contribution in [0.5, 0.6) is 0 Å². The number of nitrogens with one attached hydrogen (secondary N) is 1. The number of nitrogens with zero attached hydrogens (tertiary/aromatic N) is 3. The fourth-order valence-corrected chi connectivity index (χ4v) is 4.91. The number of carbonyl (C=O) groups is 2. The summed E-state index contributed by atoms with van der Waals surface area (Å²) < 4.78 is 11.0. The smallest absolute Gasteiger partial charge is 0.318 e. The van der Waals surface area contributed by atoms with Gasteiger partial charge in [-0.3, -0.25) is 9.69 Å². The van der Waals surface area contributed by atoms with E-state index in [2.05, 4.69) is 22.3 Å². The Balaban J connectivity index is 1.41. The summed E-state index contributed by atoms with van der Waals surface area (Å²) >= 11 is 0. The Morgan fingerprint density at radius 3 is 2.44 bits per heavy atom. The lowest BCUT2D eigenvalue weighted by Gasteiger charge is -2.32.